The summed E-state index contributed by atoms with van der Waals surface area (Å²) in [7, 11) is 0. The molecule has 1 aromatic carbocycles. The summed E-state index contributed by atoms with van der Waals surface area (Å²) in [6.07, 6.45) is 0. The number of aromatic nitrogens is 4. The standard InChI is InChI=1S/C15H22N6/c1-14(2)12(15(14,3)4)8-21-13(18-19-20-21)10-6-5-9(16)7-11(10)17/h5-7,12H,8,16-17H2,1-4H3. The lowest BCUT2D eigenvalue weighted by atomic mass is 10.0. The van der Waals surface area contributed by atoms with Crippen LogP contribution in [0.5, 0.6) is 0 Å². The lowest BCUT2D eigenvalue weighted by molar-refractivity contribution is 0.457. The number of rotatable bonds is 3. The number of nitrogens with zero attached hydrogens (tertiary/aromatic N) is 4. The van der Waals surface area contributed by atoms with Gasteiger partial charge in [-0.25, -0.2) is 4.68 Å². The Kier molecular flexibility index (Phi) is 2.77. The molecule has 0 amide bonds. The van der Waals surface area contributed by atoms with Crippen molar-refractivity contribution in [3.63, 3.8) is 0 Å². The van der Waals surface area contributed by atoms with Gasteiger partial charge in [-0.2, -0.15) is 0 Å². The van der Waals surface area contributed by atoms with Crippen LogP contribution in [-0.2, 0) is 6.54 Å². The van der Waals surface area contributed by atoms with E-state index in [0.717, 1.165) is 12.1 Å². The zero-order valence-electron chi connectivity index (χ0n) is 13.0. The molecule has 1 fully saturated rings. The van der Waals surface area contributed by atoms with Gasteiger partial charge in [-0.3, -0.25) is 0 Å². The molecule has 0 saturated heterocycles. The Balaban J connectivity index is 1.92. The third-order valence-electron chi connectivity index (χ3n) is 5.52. The van der Waals surface area contributed by atoms with E-state index in [-0.39, 0.29) is 0 Å². The van der Waals surface area contributed by atoms with Crippen LogP contribution < -0.4 is 11.5 Å². The number of hydrogen-bond donors (Lipinski definition) is 2. The third-order valence-corrected chi connectivity index (χ3v) is 5.52. The molecule has 112 valence electrons. The first kappa shape index (κ1) is 13.9. The van der Waals surface area contributed by atoms with Gasteiger partial charge in [0.05, 0.1) is 0 Å². The molecular weight excluding hydrogens is 264 g/mol. The summed E-state index contributed by atoms with van der Waals surface area (Å²) in [5.74, 6) is 1.24. The van der Waals surface area contributed by atoms with Crippen molar-refractivity contribution in [1.29, 1.82) is 0 Å². The average Bonchev–Trinajstić information content (AvgIpc) is 2.73. The lowest BCUT2D eigenvalue weighted by Crippen LogP contribution is -2.09. The van der Waals surface area contributed by atoms with E-state index >= 15 is 0 Å². The highest BCUT2D eigenvalue weighted by Gasteiger charge is 2.64. The van der Waals surface area contributed by atoms with Crippen LogP contribution in [-0.4, -0.2) is 20.2 Å². The maximum atomic E-state index is 6.05. The molecule has 0 atom stereocenters. The first-order chi connectivity index (χ1) is 9.75. The summed E-state index contributed by atoms with van der Waals surface area (Å²) < 4.78 is 1.85. The van der Waals surface area contributed by atoms with Gasteiger partial charge in [-0.1, -0.05) is 27.7 Å². The second-order valence-corrected chi connectivity index (χ2v) is 7.03. The predicted octanol–water partition coefficient (Wildman–Crippen LogP) is 2.19. The Bertz CT molecular complexity index is 671. The van der Waals surface area contributed by atoms with Gasteiger partial charge in [0.1, 0.15) is 0 Å². The molecule has 3 rings (SSSR count). The molecular formula is C15H22N6. The first-order valence-electron chi connectivity index (χ1n) is 7.16. The van der Waals surface area contributed by atoms with Crippen LogP contribution in [0.4, 0.5) is 11.4 Å². The van der Waals surface area contributed by atoms with E-state index < -0.39 is 0 Å². The predicted molar refractivity (Wildman–Crippen MR) is 83.1 cm³/mol. The molecule has 0 spiro atoms. The number of nitrogen functional groups attached to an aromatic ring is 2. The highest BCUT2D eigenvalue weighted by molar-refractivity contribution is 5.74. The number of benzene rings is 1. The van der Waals surface area contributed by atoms with E-state index in [4.69, 9.17) is 11.5 Å². The maximum absolute atomic E-state index is 6.05. The smallest absolute Gasteiger partial charge is 0.184 e. The van der Waals surface area contributed by atoms with Crippen LogP contribution >= 0.6 is 0 Å². The summed E-state index contributed by atoms with van der Waals surface area (Å²) in [6, 6.07) is 5.42. The Morgan fingerprint density at radius 1 is 1.14 bits per heavy atom. The molecule has 6 heteroatoms. The number of anilines is 2. The second-order valence-electron chi connectivity index (χ2n) is 7.03. The zero-order chi connectivity index (χ0) is 15.4. The fraction of sp³-hybridized carbons (Fsp3) is 0.533. The molecule has 1 saturated carbocycles. The average molecular weight is 286 g/mol. The third kappa shape index (κ3) is 1.97. The summed E-state index contributed by atoms with van der Waals surface area (Å²) in [6.45, 7) is 9.96. The molecule has 1 aromatic heterocycles. The van der Waals surface area contributed by atoms with Gasteiger partial charge < -0.3 is 11.5 Å². The van der Waals surface area contributed by atoms with E-state index in [1.165, 1.54) is 0 Å². The molecule has 21 heavy (non-hydrogen) atoms. The van der Waals surface area contributed by atoms with E-state index in [2.05, 4.69) is 43.2 Å². The van der Waals surface area contributed by atoms with Gasteiger partial charge in [0.2, 0.25) is 0 Å². The molecule has 1 aliphatic rings. The van der Waals surface area contributed by atoms with Gasteiger partial charge in [-0.05, 0) is 45.4 Å². The largest absolute Gasteiger partial charge is 0.399 e. The highest BCUT2D eigenvalue weighted by Crippen LogP contribution is 2.68. The van der Waals surface area contributed by atoms with Crippen molar-refractivity contribution in [2.75, 3.05) is 11.5 Å². The van der Waals surface area contributed by atoms with Crippen LogP contribution in [0.3, 0.4) is 0 Å². The molecule has 0 bridgehead atoms. The monoisotopic (exact) mass is 286 g/mol. The number of nitrogens with two attached hydrogens (primary N) is 2. The van der Waals surface area contributed by atoms with Crippen molar-refractivity contribution >= 4 is 11.4 Å². The zero-order valence-corrected chi connectivity index (χ0v) is 13.0. The van der Waals surface area contributed by atoms with Crippen molar-refractivity contribution in [2.24, 2.45) is 16.7 Å². The van der Waals surface area contributed by atoms with Crippen LogP contribution in [0.25, 0.3) is 11.4 Å². The molecule has 0 radical (unpaired) electrons. The Hall–Kier alpha value is -2.11. The maximum Gasteiger partial charge on any atom is 0.184 e. The lowest BCUT2D eigenvalue weighted by Gasteiger charge is -2.08. The Morgan fingerprint density at radius 3 is 2.38 bits per heavy atom. The summed E-state index contributed by atoms with van der Waals surface area (Å²) >= 11 is 0. The van der Waals surface area contributed by atoms with Gasteiger partial charge >= 0.3 is 0 Å². The topological polar surface area (TPSA) is 95.6 Å². The fourth-order valence-corrected chi connectivity index (χ4v) is 3.27. The van der Waals surface area contributed by atoms with Gasteiger partial charge in [0.15, 0.2) is 5.82 Å². The van der Waals surface area contributed by atoms with Crippen molar-refractivity contribution in [3.8, 4) is 11.4 Å². The van der Waals surface area contributed by atoms with E-state index in [1.54, 1.807) is 6.07 Å². The molecule has 1 aliphatic carbocycles. The van der Waals surface area contributed by atoms with Crippen molar-refractivity contribution < 1.29 is 0 Å². The van der Waals surface area contributed by atoms with Gasteiger partial charge in [0, 0.05) is 23.5 Å². The van der Waals surface area contributed by atoms with Crippen molar-refractivity contribution in [3.05, 3.63) is 18.2 Å². The molecule has 6 nitrogen and oxygen atoms in total. The summed E-state index contributed by atoms with van der Waals surface area (Å²) in [5, 5.41) is 12.1. The second kappa shape index (κ2) is 4.19. The normalized spacial score (nSPS) is 19.6. The van der Waals surface area contributed by atoms with Crippen LogP contribution in [0.15, 0.2) is 18.2 Å². The molecule has 0 unspecified atom stereocenters. The quantitative estimate of drug-likeness (QED) is 0.843. The molecule has 0 aliphatic heterocycles. The van der Waals surface area contributed by atoms with Crippen LogP contribution in [0, 0.1) is 16.7 Å². The minimum atomic E-state index is 0.295. The summed E-state index contributed by atoms with van der Waals surface area (Å²) in [4.78, 5) is 0. The van der Waals surface area contributed by atoms with E-state index in [0.29, 0.717) is 33.9 Å². The fourth-order valence-electron chi connectivity index (χ4n) is 3.27. The van der Waals surface area contributed by atoms with Crippen molar-refractivity contribution in [2.45, 2.75) is 34.2 Å². The Morgan fingerprint density at radius 2 is 1.81 bits per heavy atom. The Labute approximate surface area is 124 Å². The van der Waals surface area contributed by atoms with Crippen molar-refractivity contribution in [1.82, 2.24) is 20.2 Å². The molecule has 2 aromatic rings. The number of tetrazole rings is 1. The van der Waals surface area contributed by atoms with E-state index in [1.807, 2.05) is 16.8 Å². The van der Waals surface area contributed by atoms with Gasteiger partial charge in [-0.15, -0.1) is 5.10 Å². The SMILES string of the molecule is CC1(C)C(Cn2nnnc2-c2ccc(N)cc2N)C1(C)C. The van der Waals surface area contributed by atoms with Crippen LogP contribution in [0.1, 0.15) is 27.7 Å². The van der Waals surface area contributed by atoms with Gasteiger partial charge in [0.25, 0.3) is 0 Å². The minimum absolute atomic E-state index is 0.295. The van der Waals surface area contributed by atoms with Crippen LogP contribution in [0.2, 0.25) is 0 Å². The summed E-state index contributed by atoms with van der Waals surface area (Å²) in [5.41, 5.74) is 14.4. The molecule has 4 N–H and O–H groups in total. The molecule has 1 heterocycles. The first-order valence-corrected chi connectivity index (χ1v) is 7.16. The number of hydrogen-bond acceptors (Lipinski definition) is 5. The highest BCUT2D eigenvalue weighted by atomic mass is 15.5. The minimum Gasteiger partial charge on any atom is -0.399 e. The van der Waals surface area contributed by atoms with E-state index in [9.17, 15) is 0 Å².